The molecule has 0 aromatic rings. The highest BCUT2D eigenvalue weighted by Crippen LogP contribution is 2.76. The van der Waals surface area contributed by atoms with Gasteiger partial charge in [0.1, 0.15) is 5.78 Å². The summed E-state index contributed by atoms with van der Waals surface area (Å²) in [6.45, 7) is 21.7. The molecule has 172 valence electrons. The normalized spacial score (nSPS) is 53.0. The van der Waals surface area contributed by atoms with Crippen LogP contribution >= 0.6 is 0 Å². The van der Waals surface area contributed by atoms with E-state index >= 15 is 0 Å². The second kappa shape index (κ2) is 6.38. The first-order chi connectivity index (χ1) is 14.3. The van der Waals surface area contributed by atoms with Gasteiger partial charge in [-0.05, 0) is 117 Å². The van der Waals surface area contributed by atoms with Crippen molar-refractivity contribution in [1.82, 2.24) is 0 Å². The lowest BCUT2D eigenvalue weighted by Gasteiger charge is -2.70. The van der Waals surface area contributed by atoms with Crippen LogP contribution in [0, 0.1) is 50.7 Å². The van der Waals surface area contributed by atoms with Gasteiger partial charge in [-0.15, -0.1) is 0 Å². The van der Waals surface area contributed by atoms with Crippen molar-refractivity contribution in [3.8, 4) is 0 Å². The minimum absolute atomic E-state index is 0.197. The minimum Gasteiger partial charge on any atom is -0.299 e. The zero-order chi connectivity index (χ0) is 22.6. The molecule has 0 N–H and O–H groups in total. The maximum atomic E-state index is 12.9. The summed E-state index contributed by atoms with van der Waals surface area (Å²) in [6, 6.07) is 0. The molecule has 1 heteroatoms. The van der Waals surface area contributed by atoms with E-state index in [4.69, 9.17) is 0 Å². The van der Waals surface area contributed by atoms with E-state index in [1.165, 1.54) is 56.1 Å². The average molecular weight is 423 g/mol. The van der Waals surface area contributed by atoms with E-state index in [0.29, 0.717) is 27.9 Å². The van der Waals surface area contributed by atoms with Gasteiger partial charge < -0.3 is 0 Å². The zero-order valence-corrected chi connectivity index (χ0v) is 21.4. The van der Waals surface area contributed by atoms with Crippen LogP contribution in [0.3, 0.4) is 0 Å². The maximum absolute atomic E-state index is 12.9. The van der Waals surface area contributed by atoms with Gasteiger partial charge in [-0.3, -0.25) is 4.79 Å². The summed E-state index contributed by atoms with van der Waals surface area (Å²) in [4.78, 5) is 12.9. The molecule has 31 heavy (non-hydrogen) atoms. The van der Waals surface area contributed by atoms with E-state index in [9.17, 15) is 4.79 Å². The first-order valence-electron chi connectivity index (χ1n) is 13.2. The SMILES string of the molecule is C=C(C)[C@@H]1CC[C@]2(C)CC[C@]3(C)[C@H](CC[C@@H]4[C@@]5(C)CCC(=O)C(C)(C)C5=CC[C@]43C)[C@H]12. The zero-order valence-electron chi connectivity index (χ0n) is 21.4. The monoisotopic (exact) mass is 422 g/mol. The summed E-state index contributed by atoms with van der Waals surface area (Å²) in [5, 5.41) is 0. The molecule has 0 aromatic heterocycles. The van der Waals surface area contributed by atoms with Gasteiger partial charge in [-0.1, -0.05) is 51.5 Å². The molecule has 0 heterocycles. The van der Waals surface area contributed by atoms with Gasteiger partial charge in [0.2, 0.25) is 0 Å². The van der Waals surface area contributed by atoms with E-state index in [0.717, 1.165) is 30.6 Å². The predicted molar refractivity (Wildman–Crippen MR) is 130 cm³/mol. The van der Waals surface area contributed by atoms with Gasteiger partial charge >= 0.3 is 0 Å². The van der Waals surface area contributed by atoms with Crippen molar-refractivity contribution >= 4 is 5.78 Å². The van der Waals surface area contributed by atoms with Crippen LogP contribution in [-0.2, 0) is 4.79 Å². The minimum atomic E-state index is -0.270. The van der Waals surface area contributed by atoms with Gasteiger partial charge in [0.15, 0.2) is 0 Å². The van der Waals surface area contributed by atoms with Crippen molar-refractivity contribution in [3.05, 3.63) is 23.8 Å². The maximum Gasteiger partial charge on any atom is 0.142 e. The summed E-state index contributed by atoms with van der Waals surface area (Å²) in [5.41, 5.74) is 4.12. The highest BCUT2D eigenvalue weighted by atomic mass is 16.1. The highest BCUT2D eigenvalue weighted by Gasteiger charge is 2.68. The lowest BCUT2D eigenvalue weighted by atomic mass is 9.34. The molecule has 8 atom stereocenters. The van der Waals surface area contributed by atoms with Crippen LogP contribution in [0.4, 0.5) is 0 Å². The molecule has 0 saturated heterocycles. The Hall–Kier alpha value is -0.850. The van der Waals surface area contributed by atoms with Crippen LogP contribution in [0.2, 0.25) is 0 Å². The van der Waals surface area contributed by atoms with Crippen molar-refractivity contribution in [2.45, 2.75) is 106 Å². The topological polar surface area (TPSA) is 17.1 Å². The second-order valence-corrected chi connectivity index (χ2v) is 14.0. The lowest BCUT2D eigenvalue weighted by molar-refractivity contribution is -0.189. The molecular weight excluding hydrogens is 376 g/mol. The van der Waals surface area contributed by atoms with E-state index in [2.05, 4.69) is 61.1 Å². The fourth-order valence-electron chi connectivity index (χ4n) is 10.6. The van der Waals surface area contributed by atoms with Gasteiger partial charge in [0.25, 0.3) is 0 Å². The molecular formula is C30H46O. The Kier molecular flexibility index (Phi) is 4.52. The van der Waals surface area contributed by atoms with E-state index in [1.807, 2.05) is 0 Å². The van der Waals surface area contributed by atoms with E-state index in [-0.39, 0.29) is 10.8 Å². The van der Waals surface area contributed by atoms with Crippen molar-refractivity contribution in [1.29, 1.82) is 0 Å². The summed E-state index contributed by atoms with van der Waals surface area (Å²) in [6.07, 6.45) is 13.9. The number of carbonyl (C=O) groups is 1. The Morgan fingerprint density at radius 1 is 0.935 bits per heavy atom. The fourth-order valence-corrected chi connectivity index (χ4v) is 10.6. The van der Waals surface area contributed by atoms with Crippen LogP contribution in [0.5, 0.6) is 0 Å². The van der Waals surface area contributed by atoms with E-state index < -0.39 is 0 Å². The Labute approximate surface area is 191 Å². The number of fused-ring (bicyclic) bond motifs is 7. The summed E-state index contributed by atoms with van der Waals surface area (Å²) < 4.78 is 0. The van der Waals surface area contributed by atoms with Crippen molar-refractivity contribution in [2.24, 2.45) is 50.7 Å². The smallest absolute Gasteiger partial charge is 0.142 e. The molecule has 5 rings (SSSR count). The van der Waals surface area contributed by atoms with Gasteiger partial charge in [0, 0.05) is 11.8 Å². The molecule has 4 fully saturated rings. The molecule has 0 radical (unpaired) electrons. The molecule has 4 saturated carbocycles. The number of rotatable bonds is 1. The number of ketones is 1. The Bertz CT molecular complexity index is 862. The lowest BCUT2D eigenvalue weighted by Crippen LogP contribution is -2.63. The molecule has 0 aliphatic heterocycles. The summed E-state index contributed by atoms with van der Waals surface area (Å²) in [5.74, 6) is 3.55. The quantitative estimate of drug-likeness (QED) is 0.390. The third-order valence-corrected chi connectivity index (χ3v) is 12.6. The van der Waals surface area contributed by atoms with Gasteiger partial charge in [-0.25, -0.2) is 0 Å². The number of hydrogen-bond acceptors (Lipinski definition) is 1. The van der Waals surface area contributed by atoms with Crippen molar-refractivity contribution in [2.75, 3.05) is 0 Å². The predicted octanol–water partition coefficient (Wildman–Crippen LogP) is 8.15. The molecule has 0 spiro atoms. The van der Waals surface area contributed by atoms with Crippen molar-refractivity contribution in [3.63, 3.8) is 0 Å². The Balaban J connectivity index is 1.59. The van der Waals surface area contributed by atoms with Gasteiger partial charge in [0.05, 0.1) is 0 Å². The molecule has 0 aromatic carbocycles. The first kappa shape index (κ1) is 22.0. The molecule has 0 unspecified atom stereocenters. The third kappa shape index (κ3) is 2.53. The number of allylic oxidation sites excluding steroid dienone is 3. The van der Waals surface area contributed by atoms with E-state index in [1.54, 1.807) is 0 Å². The van der Waals surface area contributed by atoms with Crippen LogP contribution in [-0.4, -0.2) is 5.78 Å². The third-order valence-electron chi connectivity index (χ3n) is 12.6. The Morgan fingerprint density at radius 2 is 1.65 bits per heavy atom. The van der Waals surface area contributed by atoms with Crippen LogP contribution in [0.25, 0.3) is 0 Å². The molecule has 1 nitrogen and oxygen atoms in total. The van der Waals surface area contributed by atoms with Crippen LogP contribution in [0.15, 0.2) is 23.8 Å². The number of hydrogen-bond donors (Lipinski definition) is 0. The first-order valence-corrected chi connectivity index (χ1v) is 13.2. The van der Waals surface area contributed by atoms with Gasteiger partial charge in [-0.2, -0.15) is 0 Å². The summed E-state index contributed by atoms with van der Waals surface area (Å²) >= 11 is 0. The molecule has 5 aliphatic rings. The molecule has 0 bridgehead atoms. The fraction of sp³-hybridized carbons (Fsp3) is 0.833. The largest absolute Gasteiger partial charge is 0.299 e. The van der Waals surface area contributed by atoms with Crippen LogP contribution < -0.4 is 0 Å². The molecule has 0 amide bonds. The van der Waals surface area contributed by atoms with Crippen LogP contribution in [0.1, 0.15) is 106 Å². The second-order valence-electron chi connectivity index (χ2n) is 14.0. The number of Topliss-reactive ketones (excluding diaryl/α,β-unsaturated/α-hetero) is 1. The average Bonchev–Trinajstić information content (AvgIpc) is 3.04. The number of carbonyl (C=O) groups excluding carboxylic acids is 1. The Morgan fingerprint density at radius 3 is 2.32 bits per heavy atom. The summed E-state index contributed by atoms with van der Waals surface area (Å²) in [7, 11) is 0. The van der Waals surface area contributed by atoms with Crippen molar-refractivity contribution < 1.29 is 4.79 Å². The standard InChI is InChI=1S/C30H46O/c1-19(2)20-11-14-27(5)17-18-29(7)21(25(20)27)9-10-23-28(6)15-13-24(31)26(3,4)22(28)12-16-30(23,29)8/h12,20-21,23,25H,1,9-11,13-18H2,2-8H3/t20-,21+,23+,25-,27+,28-,29+,30+/m0/s1. The highest BCUT2D eigenvalue weighted by molar-refractivity contribution is 5.89. The molecule has 5 aliphatic carbocycles.